The molecule has 3 heteroatoms. The molecule has 1 aromatic carbocycles. The first-order chi connectivity index (χ1) is 8.11. The fourth-order valence-electron chi connectivity index (χ4n) is 2.02. The molecule has 0 amide bonds. The highest BCUT2D eigenvalue weighted by molar-refractivity contribution is 5.85. The lowest BCUT2D eigenvalue weighted by Crippen LogP contribution is -2.14. The maximum atomic E-state index is 5.27. The molecule has 0 bridgehead atoms. The number of nitrogens with zero attached hydrogens (tertiary/aromatic N) is 2. The minimum atomic E-state index is 0.898. The molecule has 0 aliphatic heterocycles. The van der Waals surface area contributed by atoms with Gasteiger partial charge in [0, 0.05) is 30.7 Å². The van der Waals surface area contributed by atoms with Gasteiger partial charge in [-0.3, -0.25) is 0 Å². The Balaban J connectivity index is 2.40. The summed E-state index contributed by atoms with van der Waals surface area (Å²) in [5, 5.41) is 1.24. The van der Waals surface area contributed by atoms with Gasteiger partial charge in [-0.05, 0) is 44.3 Å². The summed E-state index contributed by atoms with van der Waals surface area (Å²) in [6.07, 6.45) is 3.13. The summed E-state index contributed by atoms with van der Waals surface area (Å²) >= 11 is 0. The second kappa shape index (κ2) is 4.80. The molecule has 0 fully saturated rings. The molecular formula is C14H19N2O. The third kappa shape index (κ3) is 2.44. The number of rotatable bonds is 4. The van der Waals surface area contributed by atoms with Crippen molar-refractivity contribution in [3.05, 3.63) is 37.0 Å². The fourth-order valence-corrected chi connectivity index (χ4v) is 2.02. The number of aromatic nitrogens is 1. The molecule has 1 heterocycles. The Kier molecular flexibility index (Phi) is 3.38. The number of hydrogen-bond donors (Lipinski definition) is 0. The Hall–Kier alpha value is -1.48. The highest BCUT2D eigenvalue weighted by atomic mass is 16.5. The van der Waals surface area contributed by atoms with E-state index >= 15 is 0 Å². The lowest BCUT2D eigenvalue weighted by Gasteiger charge is -2.08. The molecule has 17 heavy (non-hydrogen) atoms. The Bertz CT molecular complexity index is 514. The SMILES string of the molecule is [CH2]n1cc(CCN(C)C)c2cc(OC)ccc21. The average Bonchev–Trinajstić information content (AvgIpc) is 2.63. The van der Waals surface area contributed by atoms with Crippen LogP contribution in [0.15, 0.2) is 24.4 Å². The van der Waals surface area contributed by atoms with Crippen molar-refractivity contribution >= 4 is 10.9 Å². The van der Waals surface area contributed by atoms with Crippen LogP contribution >= 0.6 is 0 Å². The van der Waals surface area contributed by atoms with E-state index in [0.29, 0.717) is 0 Å². The first-order valence-corrected chi connectivity index (χ1v) is 5.75. The first-order valence-electron chi connectivity index (χ1n) is 5.75. The molecule has 0 unspecified atom stereocenters. The van der Waals surface area contributed by atoms with Gasteiger partial charge in [-0.1, -0.05) is 0 Å². The van der Waals surface area contributed by atoms with Crippen LogP contribution in [0.25, 0.3) is 10.9 Å². The highest BCUT2D eigenvalue weighted by Gasteiger charge is 2.07. The van der Waals surface area contributed by atoms with Crippen molar-refractivity contribution < 1.29 is 4.74 Å². The zero-order chi connectivity index (χ0) is 12.4. The molecule has 2 aromatic rings. The van der Waals surface area contributed by atoms with Gasteiger partial charge in [-0.2, -0.15) is 0 Å². The van der Waals surface area contributed by atoms with Gasteiger partial charge in [-0.25, -0.2) is 0 Å². The predicted octanol–water partition coefficient (Wildman–Crippen LogP) is 2.39. The van der Waals surface area contributed by atoms with Gasteiger partial charge in [-0.15, -0.1) is 0 Å². The van der Waals surface area contributed by atoms with Gasteiger partial charge in [0.1, 0.15) is 5.75 Å². The normalized spacial score (nSPS) is 11.4. The largest absolute Gasteiger partial charge is 0.497 e. The predicted molar refractivity (Wildman–Crippen MR) is 71.5 cm³/mol. The Morgan fingerprint density at radius 3 is 2.76 bits per heavy atom. The van der Waals surface area contributed by atoms with Crippen molar-refractivity contribution in [3.63, 3.8) is 0 Å². The van der Waals surface area contributed by atoms with Crippen LogP contribution in [-0.2, 0) is 6.42 Å². The smallest absolute Gasteiger partial charge is 0.119 e. The van der Waals surface area contributed by atoms with Crippen LogP contribution in [0, 0.1) is 7.05 Å². The molecule has 0 spiro atoms. The van der Waals surface area contributed by atoms with E-state index in [2.05, 4.69) is 44.4 Å². The summed E-state index contributed by atoms with van der Waals surface area (Å²) in [5.41, 5.74) is 2.47. The number of hydrogen-bond acceptors (Lipinski definition) is 2. The summed E-state index contributed by atoms with van der Waals surface area (Å²) in [5.74, 6) is 0.898. The Morgan fingerprint density at radius 1 is 1.35 bits per heavy atom. The van der Waals surface area contributed by atoms with E-state index in [1.807, 2.05) is 10.6 Å². The molecule has 0 saturated carbocycles. The molecule has 0 aliphatic carbocycles. The topological polar surface area (TPSA) is 17.4 Å². The number of benzene rings is 1. The van der Waals surface area contributed by atoms with E-state index in [1.165, 1.54) is 10.9 Å². The van der Waals surface area contributed by atoms with Gasteiger partial charge in [0.25, 0.3) is 0 Å². The summed E-state index contributed by atoms with van der Waals surface area (Å²) in [6.45, 7) is 1.04. The molecule has 0 saturated heterocycles. The van der Waals surface area contributed by atoms with Gasteiger partial charge in [0.15, 0.2) is 0 Å². The second-order valence-electron chi connectivity index (χ2n) is 4.56. The number of ether oxygens (including phenoxy) is 1. The van der Waals surface area contributed by atoms with Crippen molar-refractivity contribution in [1.29, 1.82) is 0 Å². The Labute approximate surface area is 103 Å². The zero-order valence-corrected chi connectivity index (χ0v) is 10.7. The molecule has 3 nitrogen and oxygen atoms in total. The third-order valence-corrected chi connectivity index (χ3v) is 3.00. The molecule has 2 rings (SSSR count). The molecule has 0 atom stereocenters. The maximum Gasteiger partial charge on any atom is 0.119 e. The van der Waals surface area contributed by atoms with Gasteiger partial charge < -0.3 is 14.2 Å². The fraction of sp³-hybridized carbons (Fsp3) is 0.357. The van der Waals surface area contributed by atoms with Gasteiger partial charge >= 0.3 is 0 Å². The number of fused-ring (bicyclic) bond motifs is 1. The monoisotopic (exact) mass is 231 g/mol. The quantitative estimate of drug-likeness (QED) is 0.804. The van der Waals surface area contributed by atoms with Crippen LogP contribution in [0.1, 0.15) is 5.56 Å². The molecule has 1 aromatic heterocycles. The number of likely N-dealkylation sites (N-methyl/N-ethyl adjacent to an activating group) is 1. The summed E-state index contributed by atoms with van der Waals surface area (Å²) in [6, 6.07) is 6.11. The van der Waals surface area contributed by atoms with E-state index in [9.17, 15) is 0 Å². The van der Waals surface area contributed by atoms with Crippen LogP contribution in [0.4, 0.5) is 0 Å². The van der Waals surface area contributed by atoms with E-state index in [4.69, 9.17) is 4.74 Å². The minimum Gasteiger partial charge on any atom is -0.497 e. The highest BCUT2D eigenvalue weighted by Crippen LogP contribution is 2.25. The third-order valence-electron chi connectivity index (χ3n) is 3.00. The van der Waals surface area contributed by atoms with E-state index in [1.54, 1.807) is 7.11 Å². The van der Waals surface area contributed by atoms with Crippen LogP contribution in [0.2, 0.25) is 0 Å². The average molecular weight is 231 g/mol. The molecular weight excluding hydrogens is 212 g/mol. The van der Waals surface area contributed by atoms with E-state index in [-0.39, 0.29) is 0 Å². The van der Waals surface area contributed by atoms with E-state index < -0.39 is 0 Å². The van der Waals surface area contributed by atoms with Crippen molar-refractivity contribution in [2.75, 3.05) is 27.7 Å². The summed E-state index contributed by atoms with van der Waals surface area (Å²) < 4.78 is 7.20. The van der Waals surface area contributed by atoms with Crippen molar-refractivity contribution in [2.24, 2.45) is 0 Å². The van der Waals surface area contributed by atoms with Crippen LogP contribution in [-0.4, -0.2) is 37.2 Å². The number of methoxy groups -OCH3 is 1. The van der Waals surface area contributed by atoms with Crippen molar-refractivity contribution in [1.82, 2.24) is 9.47 Å². The lowest BCUT2D eigenvalue weighted by molar-refractivity contribution is 0.413. The standard InChI is InChI=1S/C14H19N2O/c1-15(2)8-7-11-10-16(3)14-6-5-12(17-4)9-13(11)14/h5-6,9-10H,3,7-8H2,1-2,4H3. The van der Waals surface area contributed by atoms with Crippen LogP contribution in [0.5, 0.6) is 5.75 Å². The van der Waals surface area contributed by atoms with Crippen molar-refractivity contribution in [2.45, 2.75) is 6.42 Å². The molecule has 0 aliphatic rings. The molecule has 1 radical (unpaired) electrons. The van der Waals surface area contributed by atoms with Crippen molar-refractivity contribution in [3.8, 4) is 5.75 Å². The van der Waals surface area contributed by atoms with Gasteiger partial charge in [0.2, 0.25) is 0 Å². The lowest BCUT2D eigenvalue weighted by atomic mass is 10.1. The minimum absolute atomic E-state index is 0.898. The molecule has 0 N–H and O–H groups in total. The maximum absolute atomic E-state index is 5.27. The zero-order valence-electron chi connectivity index (χ0n) is 10.7. The molecule has 91 valence electrons. The van der Waals surface area contributed by atoms with Crippen LogP contribution in [0.3, 0.4) is 0 Å². The summed E-state index contributed by atoms with van der Waals surface area (Å²) in [7, 11) is 9.89. The second-order valence-corrected chi connectivity index (χ2v) is 4.56. The first kappa shape index (κ1) is 12.0. The van der Waals surface area contributed by atoms with E-state index in [0.717, 1.165) is 24.2 Å². The summed E-state index contributed by atoms with van der Waals surface area (Å²) in [4.78, 5) is 2.19. The van der Waals surface area contributed by atoms with Crippen LogP contribution < -0.4 is 4.74 Å². The Morgan fingerprint density at radius 2 is 2.12 bits per heavy atom. The van der Waals surface area contributed by atoms with Gasteiger partial charge in [0.05, 0.1) is 7.11 Å².